The first kappa shape index (κ1) is 15.5. The normalized spacial score (nSPS) is 19.1. The van der Waals surface area contributed by atoms with Gasteiger partial charge in [0.05, 0.1) is 28.9 Å². The molecule has 236 valence electrons. The molecule has 8 aromatic carbocycles. The number of hydrogen-bond acceptors (Lipinski definition) is 1. The third-order valence-corrected chi connectivity index (χ3v) is 9.41. The molecule has 2 nitrogen and oxygen atoms in total. The van der Waals surface area contributed by atoms with Crippen LogP contribution in [0.5, 0.6) is 0 Å². The molecule has 10 rings (SSSR count). The Balaban J connectivity index is 1.31. The summed E-state index contributed by atoms with van der Waals surface area (Å²) in [7, 11) is 0. The fourth-order valence-electron chi connectivity index (χ4n) is 7.23. The van der Waals surface area contributed by atoms with Gasteiger partial charge < -0.3 is 0 Å². The van der Waals surface area contributed by atoms with Gasteiger partial charge in [0.15, 0.2) is 0 Å². The van der Waals surface area contributed by atoms with Gasteiger partial charge in [-0.1, -0.05) is 153 Å². The maximum Gasteiger partial charge on any atom is 0.145 e. The van der Waals surface area contributed by atoms with Crippen molar-refractivity contribution in [3.63, 3.8) is 0 Å². The van der Waals surface area contributed by atoms with E-state index in [0.29, 0.717) is 27.8 Å². The summed E-state index contributed by atoms with van der Waals surface area (Å²) in [4.78, 5) is 4.71. The Bertz CT molecular complexity index is 3620. The summed E-state index contributed by atoms with van der Waals surface area (Å²) in [6.07, 6.45) is 0. The highest BCUT2D eigenvalue weighted by molar-refractivity contribution is 6.21. The molecule has 2 heteroatoms. The van der Waals surface area contributed by atoms with Crippen LogP contribution < -0.4 is 0 Å². The Morgan fingerprint density at radius 1 is 0.540 bits per heavy atom. The van der Waals surface area contributed by atoms with Gasteiger partial charge in [-0.3, -0.25) is 4.57 Å². The number of hydrogen-bond donors (Lipinski definition) is 0. The molecule has 0 bridgehead atoms. The molecule has 0 atom stereocenters. The highest BCUT2D eigenvalue weighted by atomic mass is 15.1. The number of aromatic nitrogens is 2. The lowest BCUT2D eigenvalue weighted by Crippen LogP contribution is -2.14. The second-order valence-corrected chi connectivity index (χ2v) is 12.1. The minimum absolute atomic E-state index is 0.00327. The Labute approximate surface area is 318 Å². The van der Waals surface area contributed by atoms with Gasteiger partial charge in [0, 0.05) is 24.9 Å². The van der Waals surface area contributed by atoms with E-state index in [1.54, 1.807) is 71.3 Å². The van der Waals surface area contributed by atoms with Crippen LogP contribution in [-0.2, 0) is 5.41 Å². The summed E-state index contributed by atoms with van der Waals surface area (Å²) in [6.45, 7) is -6.33. The van der Waals surface area contributed by atoms with E-state index in [0.717, 1.165) is 0 Å². The molecule has 1 heterocycles. The quantitative estimate of drug-likeness (QED) is 0.172. The van der Waals surface area contributed by atoms with Gasteiger partial charge in [-0.15, -0.1) is 0 Å². The second kappa shape index (κ2) is 10.9. The first-order chi connectivity index (χ1) is 32.5. The van der Waals surface area contributed by atoms with Crippen molar-refractivity contribution in [3.05, 3.63) is 181 Å². The van der Waals surface area contributed by atoms with Crippen LogP contribution in [0.2, 0.25) is 0 Å². The molecule has 0 unspecified atom stereocenters. The highest BCUT2D eigenvalue weighted by Crippen LogP contribution is 2.51. The molecule has 0 saturated heterocycles. The van der Waals surface area contributed by atoms with Gasteiger partial charge in [0.25, 0.3) is 0 Å². The summed E-state index contributed by atoms with van der Waals surface area (Å²) in [6, 6.07) is 16.4. The Morgan fingerprint density at radius 3 is 1.82 bits per heavy atom. The molecule has 0 N–H and O–H groups in total. The first-order valence-electron chi connectivity index (χ1n) is 25.3. The molecule has 1 aliphatic rings. The summed E-state index contributed by atoms with van der Waals surface area (Å²) in [5.74, 6) is 0.0304. The summed E-state index contributed by atoms with van der Waals surface area (Å²) >= 11 is 0. The van der Waals surface area contributed by atoms with E-state index in [1.165, 1.54) is 24.3 Å². The number of imidazole rings is 1. The lowest BCUT2D eigenvalue weighted by Gasteiger charge is -2.23. The second-order valence-electron chi connectivity index (χ2n) is 12.1. The predicted molar refractivity (Wildman–Crippen MR) is 210 cm³/mol. The fourth-order valence-corrected chi connectivity index (χ4v) is 7.23. The van der Waals surface area contributed by atoms with Crippen molar-refractivity contribution < 1.29 is 26.0 Å². The molecule has 0 amide bonds. The Hall–Kier alpha value is -6.25. The van der Waals surface area contributed by atoms with Crippen molar-refractivity contribution in [1.29, 1.82) is 0 Å². The lowest BCUT2D eigenvalue weighted by atomic mass is 9.80. The van der Waals surface area contributed by atoms with Crippen molar-refractivity contribution in [2.24, 2.45) is 0 Å². The van der Waals surface area contributed by atoms with Crippen molar-refractivity contribution in [3.8, 4) is 50.5 Å². The zero-order valence-corrected chi connectivity index (χ0v) is 26.1. The standard InChI is InChI=1S/C48H34N2/c1-48(2)41-21-11-10-16-35(41)36-29-26-33(30-42(36)48)46-39-19-8-6-17-37(39)45(38-18-7-9-20-40(38)46)31-24-27-34(28-25-31)50-44-23-13-12-22-43(44)49-47(50)32-14-4-3-5-15-32/h3-30H,1-2H3/i1D3,2D3,3D,4D,5D,6D,7D,8D,9D,14D,15D,17D,18D,19D,20D. The van der Waals surface area contributed by atoms with Crippen molar-refractivity contribution in [1.82, 2.24) is 9.55 Å². The molecule has 1 aromatic heterocycles. The third-order valence-electron chi connectivity index (χ3n) is 9.41. The Kier molecular flexibility index (Phi) is 3.38. The highest BCUT2D eigenvalue weighted by Gasteiger charge is 2.35. The van der Waals surface area contributed by atoms with Gasteiger partial charge in [0.1, 0.15) is 5.82 Å². The van der Waals surface area contributed by atoms with Crippen LogP contribution in [0.1, 0.15) is 50.9 Å². The molecule has 0 fully saturated rings. The largest absolute Gasteiger partial charge is 0.292 e. The SMILES string of the molecule is [2H]c1c([2H])c([2H])c(-c2nc3ccccc3n2-c2ccc(-c3c4c([2H])c([2H])c([2H])c([2H])c4c(-c4ccc5c(c4)C(C([2H])([2H])[2H])(C([2H])([2H])[2H])c4ccccc4-5)c4c([2H])c([2H])c([2H])c([2H])c34)cc2)c([2H])c1[2H]. The van der Waals surface area contributed by atoms with Crippen molar-refractivity contribution in [2.45, 2.75) is 19.1 Å². The van der Waals surface area contributed by atoms with Gasteiger partial charge in [0.2, 0.25) is 0 Å². The van der Waals surface area contributed by atoms with E-state index in [2.05, 4.69) is 0 Å². The molecule has 0 aliphatic heterocycles. The monoisotopic (exact) mass is 657 g/mol. The fraction of sp³-hybridized carbons (Fsp3) is 0.0625. The molecular weight excluding hydrogens is 605 g/mol. The Morgan fingerprint density at radius 2 is 1.12 bits per heavy atom. The van der Waals surface area contributed by atoms with Crippen LogP contribution in [0.15, 0.2) is 170 Å². The molecular formula is C48H34N2. The number of para-hydroxylation sites is 2. The molecule has 9 aromatic rings. The van der Waals surface area contributed by atoms with E-state index in [9.17, 15) is 5.48 Å². The van der Waals surface area contributed by atoms with Crippen LogP contribution in [0.4, 0.5) is 0 Å². The molecule has 0 spiro atoms. The number of rotatable bonds is 4. The van der Waals surface area contributed by atoms with E-state index < -0.39 is 97.7 Å². The first-order valence-corrected chi connectivity index (χ1v) is 15.8. The molecule has 50 heavy (non-hydrogen) atoms. The number of benzene rings is 8. The zero-order chi connectivity index (χ0) is 49.7. The van der Waals surface area contributed by atoms with Gasteiger partial charge in [-0.25, -0.2) is 4.98 Å². The van der Waals surface area contributed by atoms with E-state index in [1.807, 2.05) is 0 Å². The average molecular weight is 658 g/mol. The lowest BCUT2D eigenvalue weighted by molar-refractivity contribution is 0.660. The topological polar surface area (TPSA) is 17.8 Å². The van der Waals surface area contributed by atoms with Crippen molar-refractivity contribution >= 4 is 32.6 Å². The molecule has 1 aliphatic carbocycles. The molecule has 0 radical (unpaired) electrons. The zero-order valence-electron chi connectivity index (χ0n) is 45.1. The van der Waals surface area contributed by atoms with Crippen LogP contribution in [0, 0.1) is 0 Å². The third kappa shape index (κ3) is 4.18. The van der Waals surface area contributed by atoms with E-state index >= 15 is 0 Å². The van der Waals surface area contributed by atoms with Crippen LogP contribution in [0.25, 0.3) is 83.0 Å². The summed E-state index contributed by atoms with van der Waals surface area (Å²) < 4.78 is 170. The van der Waals surface area contributed by atoms with Gasteiger partial charge in [-0.05, 0) is 96.4 Å². The van der Waals surface area contributed by atoms with Crippen molar-refractivity contribution in [2.75, 3.05) is 0 Å². The van der Waals surface area contributed by atoms with E-state index in [4.69, 9.17) is 25.5 Å². The number of nitrogens with zero attached hydrogens (tertiary/aromatic N) is 2. The van der Waals surface area contributed by atoms with Crippen LogP contribution >= 0.6 is 0 Å². The van der Waals surface area contributed by atoms with Crippen LogP contribution in [0.3, 0.4) is 0 Å². The summed E-state index contributed by atoms with van der Waals surface area (Å²) in [5.41, 5.74) is -0.628. The minimum atomic E-state index is -3.16. The average Bonchev–Trinajstić information content (AvgIpc) is 3.85. The maximum atomic E-state index is 9.45. The summed E-state index contributed by atoms with van der Waals surface area (Å²) in [5, 5.41) is -0.636. The smallest absolute Gasteiger partial charge is 0.145 e. The van der Waals surface area contributed by atoms with Gasteiger partial charge in [-0.2, -0.15) is 0 Å². The van der Waals surface area contributed by atoms with Crippen LogP contribution in [-0.4, -0.2) is 9.55 Å². The predicted octanol–water partition coefficient (Wildman–Crippen LogP) is 12.6. The minimum Gasteiger partial charge on any atom is -0.292 e. The van der Waals surface area contributed by atoms with E-state index in [-0.39, 0.29) is 66.3 Å². The van der Waals surface area contributed by atoms with Gasteiger partial charge >= 0.3 is 0 Å². The molecule has 0 saturated carbocycles. The maximum absolute atomic E-state index is 9.45. The number of fused-ring (bicyclic) bond motifs is 6.